The molecule has 0 aliphatic carbocycles. The number of hydrogen-bond donors (Lipinski definition) is 1. The van der Waals surface area contributed by atoms with Gasteiger partial charge in [0.1, 0.15) is 11.6 Å². The minimum absolute atomic E-state index is 0.0292. The van der Waals surface area contributed by atoms with Crippen LogP contribution in [-0.4, -0.2) is 45.9 Å². The predicted molar refractivity (Wildman–Crippen MR) is 127 cm³/mol. The van der Waals surface area contributed by atoms with Gasteiger partial charge in [0, 0.05) is 35.6 Å². The zero-order valence-corrected chi connectivity index (χ0v) is 20.9. The molecule has 162 valence electrons. The molecule has 1 aromatic heterocycles. The number of ketones is 1. The highest BCUT2D eigenvalue weighted by atomic mass is 79.9. The van der Waals surface area contributed by atoms with Gasteiger partial charge in [-0.25, -0.2) is 0 Å². The first-order valence-electron chi connectivity index (χ1n) is 9.33. The van der Waals surface area contributed by atoms with E-state index >= 15 is 0 Å². The average molecular weight is 568 g/mol. The normalized spacial score (nSPS) is 10.7. The molecule has 0 saturated carbocycles. The molecular weight excluding hydrogens is 548 g/mol. The van der Waals surface area contributed by atoms with Crippen molar-refractivity contribution in [2.24, 2.45) is 0 Å². The summed E-state index contributed by atoms with van der Waals surface area (Å²) in [6, 6.07) is 13.0. The molecule has 0 atom stereocenters. The molecular formula is C21H20Br2N4O3S. The van der Waals surface area contributed by atoms with Gasteiger partial charge in [0.15, 0.2) is 10.9 Å². The fraction of sp³-hybridized carbons (Fsp3) is 0.238. The van der Waals surface area contributed by atoms with Crippen molar-refractivity contribution in [3.05, 3.63) is 62.8 Å². The molecule has 0 fully saturated rings. The van der Waals surface area contributed by atoms with Crippen LogP contribution in [0.3, 0.4) is 0 Å². The maximum absolute atomic E-state index is 12.7. The maximum atomic E-state index is 12.7. The third-order valence-corrected chi connectivity index (χ3v) is 6.39. The number of benzene rings is 2. The summed E-state index contributed by atoms with van der Waals surface area (Å²) in [5, 5.41) is 12.0. The van der Waals surface area contributed by atoms with E-state index in [9.17, 15) is 9.59 Å². The fourth-order valence-electron chi connectivity index (χ4n) is 2.81. The summed E-state index contributed by atoms with van der Waals surface area (Å²) in [6.07, 6.45) is 0.516. The van der Waals surface area contributed by atoms with E-state index in [4.69, 9.17) is 4.74 Å². The Hall–Kier alpha value is -2.17. The second-order valence-corrected chi connectivity index (χ2v) is 9.22. The summed E-state index contributed by atoms with van der Waals surface area (Å²) in [7, 11) is 1.58. The molecule has 0 radical (unpaired) electrons. The summed E-state index contributed by atoms with van der Waals surface area (Å²) in [5.74, 6) is 1.46. The Morgan fingerprint density at radius 2 is 1.87 bits per heavy atom. The highest BCUT2D eigenvalue weighted by Gasteiger charge is 2.17. The van der Waals surface area contributed by atoms with Crippen molar-refractivity contribution in [1.29, 1.82) is 0 Å². The smallest absolute Gasteiger partial charge is 0.216 e. The van der Waals surface area contributed by atoms with E-state index in [-0.39, 0.29) is 17.4 Å². The number of thioether (sulfide) groups is 1. The Balaban J connectivity index is 1.80. The number of amides is 1. The van der Waals surface area contributed by atoms with Gasteiger partial charge < -0.3 is 10.1 Å². The number of rotatable bonds is 9. The lowest BCUT2D eigenvalue weighted by Crippen LogP contribution is -2.23. The topological polar surface area (TPSA) is 86.1 Å². The zero-order chi connectivity index (χ0) is 22.4. The van der Waals surface area contributed by atoms with Crippen LogP contribution >= 0.6 is 43.6 Å². The van der Waals surface area contributed by atoms with E-state index in [2.05, 4.69) is 47.4 Å². The molecule has 0 aliphatic heterocycles. The first kappa shape index (κ1) is 23.5. The largest absolute Gasteiger partial charge is 0.496 e. The van der Waals surface area contributed by atoms with Crippen LogP contribution in [0, 0.1) is 0 Å². The number of carbonyl (C=O) groups is 2. The molecule has 1 N–H and O–H groups in total. The number of carbonyl (C=O) groups excluding carboxylic acids is 2. The Bertz CT molecular complexity index is 1090. The number of nitrogens with one attached hydrogen (secondary N) is 1. The van der Waals surface area contributed by atoms with Crippen LogP contribution in [0.1, 0.15) is 23.1 Å². The molecule has 0 bridgehead atoms. The van der Waals surface area contributed by atoms with E-state index in [1.54, 1.807) is 25.3 Å². The standard InChI is InChI=1S/C21H20Br2N4O3S/c1-13(28)24-10-9-20-25-26-21(27(20)16-6-4-15(22)5-7-16)31-12-18(29)14-3-8-19(30-2)17(23)11-14/h3-8,11H,9-10,12H2,1-2H3,(H,24,28). The summed E-state index contributed by atoms with van der Waals surface area (Å²) in [4.78, 5) is 23.9. The van der Waals surface area contributed by atoms with Crippen molar-refractivity contribution in [3.63, 3.8) is 0 Å². The van der Waals surface area contributed by atoms with E-state index < -0.39 is 0 Å². The molecule has 3 aromatic rings. The Morgan fingerprint density at radius 1 is 1.13 bits per heavy atom. The first-order chi connectivity index (χ1) is 14.9. The van der Waals surface area contributed by atoms with Gasteiger partial charge in [0.05, 0.1) is 17.3 Å². The second-order valence-electron chi connectivity index (χ2n) is 6.50. The number of aromatic nitrogens is 3. The molecule has 7 nitrogen and oxygen atoms in total. The van der Waals surface area contributed by atoms with Gasteiger partial charge in [-0.15, -0.1) is 10.2 Å². The number of methoxy groups -OCH3 is 1. The summed E-state index contributed by atoms with van der Waals surface area (Å²) < 4.78 is 8.81. The Morgan fingerprint density at radius 3 is 2.52 bits per heavy atom. The van der Waals surface area contributed by atoms with Crippen LogP contribution in [0.15, 0.2) is 56.6 Å². The summed E-state index contributed by atoms with van der Waals surface area (Å²) >= 11 is 8.18. The molecule has 2 aromatic carbocycles. The van der Waals surface area contributed by atoms with E-state index in [0.717, 1.165) is 14.6 Å². The molecule has 1 heterocycles. The van der Waals surface area contributed by atoms with Crippen LogP contribution < -0.4 is 10.1 Å². The van der Waals surface area contributed by atoms with Gasteiger partial charge in [0.2, 0.25) is 5.91 Å². The quantitative estimate of drug-likeness (QED) is 0.303. The molecule has 0 aliphatic rings. The minimum Gasteiger partial charge on any atom is -0.496 e. The number of Topliss-reactive ketones (excluding diaryl/α,β-unsaturated/α-hetero) is 1. The van der Waals surface area contributed by atoms with Gasteiger partial charge in [-0.05, 0) is 58.4 Å². The minimum atomic E-state index is -0.0967. The van der Waals surface area contributed by atoms with Gasteiger partial charge in [-0.2, -0.15) is 0 Å². The van der Waals surface area contributed by atoms with Gasteiger partial charge in [-0.3, -0.25) is 14.2 Å². The SMILES string of the molecule is COc1ccc(C(=O)CSc2nnc(CCNC(C)=O)n2-c2ccc(Br)cc2)cc1Br. The lowest BCUT2D eigenvalue weighted by Gasteiger charge is -2.11. The van der Waals surface area contributed by atoms with Crippen molar-refractivity contribution in [2.45, 2.75) is 18.5 Å². The third kappa shape index (κ3) is 6.18. The maximum Gasteiger partial charge on any atom is 0.216 e. The lowest BCUT2D eigenvalue weighted by atomic mass is 10.1. The molecule has 0 unspecified atom stereocenters. The van der Waals surface area contributed by atoms with E-state index in [1.807, 2.05) is 28.8 Å². The van der Waals surface area contributed by atoms with Crippen molar-refractivity contribution >= 4 is 55.3 Å². The summed E-state index contributed by atoms with van der Waals surface area (Å²) in [6.45, 7) is 1.93. The zero-order valence-electron chi connectivity index (χ0n) is 16.9. The first-order valence-corrected chi connectivity index (χ1v) is 11.9. The van der Waals surface area contributed by atoms with Crippen LogP contribution in [0.4, 0.5) is 0 Å². The molecule has 0 saturated heterocycles. The second kappa shape index (κ2) is 10.9. The average Bonchev–Trinajstić information content (AvgIpc) is 3.15. The lowest BCUT2D eigenvalue weighted by molar-refractivity contribution is -0.118. The fourth-order valence-corrected chi connectivity index (χ4v) is 4.48. The molecule has 31 heavy (non-hydrogen) atoms. The molecule has 1 amide bonds. The monoisotopic (exact) mass is 566 g/mol. The summed E-state index contributed by atoms with van der Waals surface area (Å²) in [5.41, 5.74) is 1.47. The van der Waals surface area contributed by atoms with Crippen LogP contribution in [0.5, 0.6) is 5.75 Å². The Kier molecular flexibility index (Phi) is 8.28. The van der Waals surface area contributed by atoms with Crippen molar-refractivity contribution in [2.75, 3.05) is 19.4 Å². The number of halogens is 2. The van der Waals surface area contributed by atoms with Gasteiger partial charge >= 0.3 is 0 Å². The number of nitrogens with zero attached hydrogens (tertiary/aromatic N) is 3. The van der Waals surface area contributed by atoms with Crippen molar-refractivity contribution < 1.29 is 14.3 Å². The van der Waals surface area contributed by atoms with E-state index in [0.29, 0.717) is 35.3 Å². The van der Waals surface area contributed by atoms with Crippen molar-refractivity contribution in [1.82, 2.24) is 20.1 Å². The number of hydrogen-bond acceptors (Lipinski definition) is 6. The predicted octanol–water partition coefficient (Wildman–Crippen LogP) is 4.45. The van der Waals surface area contributed by atoms with Gasteiger partial charge in [-0.1, -0.05) is 27.7 Å². The third-order valence-electron chi connectivity index (χ3n) is 4.31. The van der Waals surface area contributed by atoms with Crippen LogP contribution in [0.25, 0.3) is 5.69 Å². The number of ether oxygens (including phenoxy) is 1. The van der Waals surface area contributed by atoms with E-state index in [1.165, 1.54) is 18.7 Å². The molecule has 3 rings (SSSR count). The van der Waals surface area contributed by atoms with Crippen molar-refractivity contribution in [3.8, 4) is 11.4 Å². The van der Waals surface area contributed by atoms with Gasteiger partial charge in [0.25, 0.3) is 0 Å². The highest BCUT2D eigenvalue weighted by Crippen LogP contribution is 2.28. The molecule has 0 spiro atoms. The highest BCUT2D eigenvalue weighted by molar-refractivity contribution is 9.10. The Labute approximate surface area is 201 Å². The van der Waals surface area contributed by atoms with Crippen LogP contribution in [-0.2, 0) is 11.2 Å². The van der Waals surface area contributed by atoms with Crippen LogP contribution in [0.2, 0.25) is 0 Å². The molecule has 10 heteroatoms.